The van der Waals surface area contributed by atoms with Crippen molar-refractivity contribution < 1.29 is 13.9 Å². The Morgan fingerprint density at radius 3 is 2.32 bits per heavy atom. The fraction of sp³-hybridized carbons (Fsp3) is 0.107. The van der Waals surface area contributed by atoms with Gasteiger partial charge >= 0.3 is 6.09 Å². The van der Waals surface area contributed by atoms with Crippen LogP contribution in [0.4, 0.5) is 15.1 Å². The molecule has 0 aliphatic carbocycles. The number of halogens is 1. The smallest absolute Gasteiger partial charge is 0.437 e. The van der Waals surface area contributed by atoms with Crippen LogP contribution in [0, 0.1) is 5.82 Å². The molecule has 0 unspecified atom stereocenters. The summed E-state index contributed by atoms with van der Waals surface area (Å²) in [5.41, 5.74) is 3.70. The highest BCUT2D eigenvalue weighted by atomic mass is 19.1. The Balaban J connectivity index is 1.43. The molecule has 5 rings (SSSR count). The van der Waals surface area contributed by atoms with Crippen LogP contribution in [-0.4, -0.2) is 37.6 Å². The van der Waals surface area contributed by atoms with Crippen LogP contribution in [0.5, 0.6) is 0 Å². The number of nitrogens with zero attached hydrogens (tertiary/aromatic N) is 5. The molecule has 5 aromatic rings. The fourth-order valence-electron chi connectivity index (χ4n) is 3.76. The lowest BCUT2D eigenvalue weighted by atomic mass is 10.1. The Morgan fingerprint density at radius 2 is 1.59 bits per heavy atom. The predicted octanol–water partition coefficient (Wildman–Crippen LogP) is 5.38. The number of hydrogen-bond donors (Lipinski definition) is 1. The van der Waals surface area contributed by atoms with Gasteiger partial charge in [-0.2, -0.15) is 0 Å². The number of hydrogen-bond acceptors (Lipinski definition) is 7. The van der Waals surface area contributed by atoms with Gasteiger partial charge < -0.3 is 10.1 Å². The standard InChI is InChI=1S/C28H23FN6O2/c29-23-13-11-22(12-14-23)25-26(35(34-33-25)28(36)37-19-21-9-5-2-6-10-21)24-16-18-31-27(32-24)30-17-15-20-7-3-1-4-8-20/h1-14,16,18H,15,17,19H2,(H,30,31,32). The minimum atomic E-state index is -0.711. The second-order valence-corrected chi connectivity index (χ2v) is 8.17. The van der Waals surface area contributed by atoms with Crippen molar-refractivity contribution in [2.45, 2.75) is 13.0 Å². The van der Waals surface area contributed by atoms with Crippen molar-refractivity contribution in [3.63, 3.8) is 0 Å². The molecule has 0 atom stereocenters. The first-order chi connectivity index (χ1) is 18.2. The quantitative estimate of drug-likeness (QED) is 0.309. The maximum absolute atomic E-state index is 13.6. The summed E-state index contributed by atoms with van der Waals surface area (Å²) in [6.45, 7) is 0.690. The first-order valence-electron chi connectivity index (χ1n) is 11.7. The average Bonchev–Trinajstić information content (AvgIpc) is 3.39. The molecule has 8 nitrogen and oxygen atoms in total. The van der Waals surface area contributed by atoms with Gasteiger partial charge in [-0.15, -0.1) is 9.78 Å². The van der Waals surface area contributed by atoms with Crippen LogP contribution in [0.15, 0.2) is 97.2 Å². The molecule has 3 aromatic carbocycles. The monoisotopic (exact) mass is 494 g/mol. The normalized spacial score (nSPS) is 10.7. The molecular weight excluding hydrogens is 471 g/mol. The van der Waals surface area contributed by atoms with Crippen LogP contribution < -0.4 is 5.32 Å². The number of anilines is 1. The molecule has 0 aliphatic heterocycles. The molecule has 0 saturated heterocycles. The van der Waals surface area contributed by atoms with E-state index in [1.807, 2.05) is 48.5 Å². The molecule has 0 amide bonds. The largest absolute Gasteiger partial charge is 0.443 e. The van der Waals surface area contributed by atoms with Crippen molar-refractivity contribution in [3.8, 4) is 22.6 Å². The third-order valence-electron chi connectivity index (χ3n) is 5.60. The lowest BCUT2D eigenvalue weighted by Gasteiger charge is -2.10. The van der Waals surface area contributed by atoms with Gasteiger partial charge in [-0.05, 0) is 47.9 Å². The average molecular weight is 495 g/mol. The maximum Gasteiger partial charge on any atom is 0.437 e. The number of ether oxygens (including phenoxy) is 1. The molecule has 0 spiro atoms. The van der Waals surface area contributed by atoms with Gasteiger partial charge in [0, 0.05) is 18.3 Å². The number of rotatable bonds is 8. The molecule has 37 heavy (non-hydrogen) atoms. The summed E-state index contributed by atoms with van der Waals surface area (Å²) < 4.78 is 20.1. The summed E-state index contributed by atoms with van der Waals surface area (Å²) >= 11 is 0. The lowest BCUT2D eigenvalue weighted by Crippen LogP contribution is -2.17. The van der Waals surface area contributed by atoms with E-state index in [0.29, 0.717) is 35.1 Å². The van der Waals surface area contributed by atoms with E-state index in [1.54, 1.807) is 24.4 Å². The summed E-state index contributed by atoms with van der Waals surface area (Å²) in [6, 6.07) is 26.9. The molecule has 0 radical (unpaired) electrons. The highest BCUT2D eigenvalue weighted by molar-refractivity contribution is 5.84. The molecular formula is C28H23FN6O2. The van der Waals surface area contributed by atoms with Gasteiger partial charge in [0.25, 0.3) is 0 Å². The minimum Gasteiger partial charge on any atom is -0.443 e. The lowest BCUT2D eigenvalue weighted by molar-refractivity contribution is 0.137. The Kier molecular flexibility index (Phi) is 7.21. The van der Waals surface area contributed by atoms with E-state index in [0.717, 1.165) is 16.7 Å². The first-order valence-corrected chi connectivity index (χ1v) is 11.7. The van der Waals surface area contributed by atoms with Crippen LogP contribution in [-0.2, 0) is 17.8 Å². The Morgan fingerprint density at radius 1 is 0.892 bits per heavy atom. The van der Waals surface area contributed by atoms with Gasteiger partial charge in [-0.3, -0.25) is 0 Å². The summed E-state index contributed by atoms with van der Waals surface area (Å²) in [7, 11) is 0. The molecule has 2 heterocycles. The van der Waals surface area contributed by atoms with E-state index in [4.69, 9.17) is 4.74 Å². The zero-order valence-corrected chi connectivity index (χ0v) is 19.8. The second-order valence-electron chi connectivity index (χ2n) is 8.17. The zero-order chi connectivity index (χ0) is 25.5. The van der Waals surface area contributed by atoms with Crippen molar-refractivity contribution >= 4 is 12.0 Å². The molecule has 0 aliphatic rings. The third kappa shape index (κ3) is 5.84. The van der Waals surface area contributed by atoms with Crippen molar-refractivity contribution in [2.24, 2.45) is 0 Å². The second kappa shape index (κ2) is 11.2. The number of aromatic nitrogens is 5. The summed E-state index contributed by atoms with van der Waals surface area (Å²) in [6.07, 6.45) is 1.67. The molecule has 0 bridgehead atoms. The highest BCUT2D eigenvalue weighted by Gasteiger charge is 2.23. The van der Waals surface area contributed by atoms with E-state index in [2.05, 4.69) is 37.7 Å². The maximum atomic E-state index is 13.6. The van der Waals surface area contributed by atoms with E-state index >= 15 is 0 Å². The van der Waals surface area contributed by atoms with Crippen molar-refractivity contribution in [1.29, 1.82) is 0 Å². The Hall–Kier alpha value is -4.92. The van der Waals surface area contributed by atoms with Crippen LogP contribution in [0.1, 0.15) is 11.1 Å². The van der Waals surface area contributed by atoms with Gasteiger partial charge in [0.15, 0.2) is 0 Å². The molecule has 2 aromatic heterocycles. The van der Waals surface area contributed by atoms with Crippen LogP contribution >= 0.6 is 0 Å². The molecule has 0 saturated carbocycles. The van der Waals surface area contributed by atoms with Gasteiger partial charge in [-0.1, -0.05) is 65.9 Å². The number of carbonyl (C=O) groups excluding carboxylic acids is 1. The van der Waals surface area contributed by atoms with Crippen LogP contribution in [0.25, 0.3) is 22.6 Å². The SMILES string of the molecule is O=C(OCc1ccccc1)n1nnc(-c2ccc(F)cc2)c1-c1ccnc(NCCc2ccccc2)n1. The van der Waals surface area contributed by atoms with E-state index in [9.17, 15) is 9.18 Å². The molecule has 0 fully saturated rings. The fourth-order valence-corrected chi connectivity index (χ4v) is 3.76. The minimum absolute atomic E-state index is 0.0704. The van der Waals surface area contributed by atoms with Crippen molar-refractivity contribution in [3.05, 3.63) is 114 Å². The van der Waals surface area contributed by atoms with Gasteiger partial charge in [0.05, 0.1) is 5.69 Å². The topological polar surface area (TPSA) is 94.8 Å². The van der Waals surface area contributed by atoms with Crippen molar-refractivity contribution in [1.82, 2.24) is 25.0 Å². The van der Waals surface area contributed by atoms with Crippen molar-refractivity contribution in [2.75, 3.05) is 11.9 Å². The van der Waals surface area contributed by atoms with E-state index in [-0.39, 0.29) is 12.4 Å². The number of nitrogens with one attached hydrogen (secondary N) is 1. The van der Waals surface area contributed by atoms with E-state index < -0.39 is 6.09 Å². The summed E-state index contributed by atoms with van der Waals surface area (Å²) in [4.78, 5) is 22.0. The van der Waals surface area contributed by atoms with Gasteiger partial charge in [-0.25, -0.2) is 19.2 Å². The molecule has 1 N–H and O–H groups in total. The van der Waals surface area contributed by atoms with Crippen LogP contribution in [0.2, 0.25) is 0 Å². The molecule has 184 valence electrons. The zero-order valence-electron chi connectivity index (χ0n) is 19.8. The van der Waals surface area contributed by atoms with Gasteiger partial charge in [0.2, 0.25) is 5.95 Å². The Labute approximate surface area is 212 Å². The van der Waals surface area contributed by atoms with Crippen LogP contribution in [0.3, 0.4) is 0 Å². The summed E-state index contributed by atoms with van der Waals surface area (Å²) in [5, 5.41) is 11.5. The molecule has 9 heteroatoms. The predicted molar refractivity (Wildman–Crippen MR) is 137 cm³/mol. The van der Waals surface area contributed by atoms with E-state index in [1.165, 1.54) is 17.7 Å². The number of carbonyl (C=O) groups is 1. The highest BCUT2D eigenvalue weighted by Crippen LogP contribution is 2.30. The number of benzene rings is 3. The Bertz CT molecular complexity index is 1470. The van der Waals surface area contributed by atoms with Gasteiger partial charge in [0.1, 0.15) is 23.8 Å². The summed E-state index contributed by atoms with van der Waals surface area (Å²) in [5.74, 6) is 0.00999. The first kappa shape index (κ1) is 23.8. The third-order valence-corrected chi connectivity index (χ3v) is 5.60.